The van der Waals surface area contributed by atoms with Crippen molar-refractivity contribution in [3.8, 4) is 5.75 Å². The Kier molecular flexibility index (Phi) is 4.84. The van der Waals surface area contributed by atoms with E-state index < -0.39 is 23.7 Å². The van der Waals surface area contributed by atoms with Crippen LogP contribution in [0, 0.1) is 11.6 Å². The first kappa shape index (κ1) is 13.4. The molecule has 1 unspecified atom stereocenters. The van der Waals surface area contributed by atoms with E-state index >= 15 is 0 Å². The van der Waals surface area contributed by atoms with Gasteiger partial charge in [-0.05, 0) is 19.1 Å². The SMILES string of the molecule is CCOC(COc1ccc(F)c(F)c1)C(=O)O. The van der Waals surface area contributed by atoms with Gasteiger partial charge in [0.2, 0.25) is 0 Å². The first-order valence-corrected chi connectivity index (χ1v) is 4.96. The van der Waals surface area contributed by atoms with Crippen molar-refractivity contribution >= 4 is 5.97 Å². The number of carbonyl (C=O) groups is 1. The molecule has 0 aliphatic rings. The van der Waals surface area contributed by atoms with Crippen LogP contribution in [0.5, 0.6) is 5.75 Å². The third-order valence-electron chi connectivity index (χ3n) is 1.94. The number of hydrogen-bond donors (Lipinski definition) is 1. The van der Waals surface area contributed by atoms with Gasteiger partial charge in [-0.2, -0.15) is 0 Å². The number of halogens is 2. The maximum atomic E-state index is 12.8. The molecule has 0 heterocycles. The van der Waals surface area contributed by atoms with Crippen LogP contribution in [0.4, 0.5) is 8.78 Å². The lowest BCUT2D eigenvalue weighted by Gasteiger charge is -2.13. The summed E-state index contributed by atoms with van der Waals surface area (Å²) in [5, 5.41) is 8.74. The lowest BCUT2D eigenvalue weighted by Crippen LogP contribution is -2.30. The number of rotatable bonds is 6. The summed E-state index contributed by atoms with van der Waals surface area (Å²) in [7, 11) is 0. The van der Waals surface area contributed by atoms with Crippen LogP contribution in [0.15, 0.2) is 18.2 Å². The van der Waals surface area contributed by atoms with Gasteiger partial charge >= 0.3 is 5.97 Å². The summed E-state index contributed by atoms with van der Waals surface area (Å²) in [4.78, 5) is 10.7. The Morgan fingerprint density at radius 3 is 2.65 bits per heavy atom. The molecule has 0 saturated heterocycles. The van der Waals surface area contributed by atoms with Gasteiger partial charge in [0.05, 0.1) is 0 Å². The van der Waals surface area contributed by atoms with Crippen LogP contribution in [0.3, 0.4) is 0 Å². The maximum Gasteiger partial charge on any atom is 0.336 e. The van der Waals surface area contributed by atoms with Gasteiger partial charge in [0, 0.05) is 12.7 Å². The van der Waals surface area contributed by atoms with Gasteiger partial charge in [0.15, 0.2) is 17.7 Å². The van der Waals surface area contributed by atoms with E-state index in [0.717, 1.165) is 12.1 Å². The van der Waals surface area contributed by atoms with Gasteiger partial charge in [-0.15, -0.1) is 0 Å². The van der Waals surface area contributed by atoms with Crippen LogP contribution in [-0.2, 0) is 9.53 Å². The Morgan fingerprint density at radius 2 is 2.12 bits per heavy atom. The van der Waals surface area contributed by atoms with Crippen molar-refractivity contribution in [2.45, 2.75) is 13.0 Å². The second kappa shape index (κ2) is 6.15. The monoisotopic (exact) mass is 246 g/mol. The van der Waals surface area contributed by atoms with Crippen LogP contribution >= 0.6 is 0 Å². The zero-order valence-corrected chi connectivity index (χ0v) is 9.15. The fourth-order valence-electron chi connectivity index (χ4n) is 1.13. The number of hydrogen-bond acceptors (Lipinski definition) is 3. The van der Waals surface area contributed by atoms with Gasteiger partial charge in [0.25, 0.3) is 0 Å². The van der Waals surface area contributed by atoms with Crippen LogP contribution in [0.1, 0.15) is 6.92 Å². The van der Waals surface area contributed by atoms with E-state index in [1.807, 2.05) is 0 Å². The predicted molar refractivity (Wildman–Crippen MR) is 54.9 cm³/mol. The van der Waals surface area contributed by atoms with E-state index in [1.54, 1.807) is 6.92 Å². The molecule has 4 nitrogen and oxygen atoms in total. The van der Waals surface area contributed by atoms with E-state index in [4.69, 9.17) is 14.6 Å². The Labute approximate surface area is 96.8 Å². The van der Waals surface area contributed by atoms with Crippen molar-refractivity contribution in [1.29, 1.82) is 0 Å². The quantitative estimate of drug-likeness (QED) is 0.832. The smallest absolute Gasteiger partial charge is 0.336 e. The number of benzene rings is 1. The number of aliphatic carboxylic acids is 1. The number of carboxylic acid groups (broad SMARTS) is 1. The van der Waals surface area contributed by atoms with Crippen molar-refractivity contribution in [3.63, 3.8) is 0 Å². The van der Waals surface area contributed by atoms with Gasteiger partial charge in [-0.1, -0.05) is 0 Å². The topological polar surface area (TPSA) is 55.8 Å². The average molecular weight is 246 g/mol. The van der Waals surface area contributed by atoms with Crippen LogP contribution in [-0.4, -0.2) is 30.4 Å². The molecular formula is C11H12F2O4. The largest absolute Gasteiger partial charge is 0.490 e. The molecule has 1 aromatic carbocycles. The number of carboxylic acids is 1. The Bertz CT molecular complexity index is 395. The fourth-order valence-corrected chi connectivity index (χ4v) is 1.13. The summed E-state index contributed by atoms with van der Waals surface area (Å²) >= 11 is 0. The van der Waals surface area contributed by atoms with E-state index in [9.17, 15) is 13.6 Å². The molecule has 1 aromatic rings. The molecule has 17 heavy (non-hydrogen) atoms. The summed E-state index contributed by atoms with van der Waals surface area (Å²) in [6.45, 7) is 1.60. The summed E-state index contributed by atoms with van der Waals surface area (Å²) in [5.74, 6) is -3.16. The minimum atomic E-state index is -1.17. The molecule has 0 spiro atoms. The molecular weight excluding hydrogens is 234 g/mol. The third-order valence-corrected chi connectivity index (χ3v) is 1.94. The highest BCUT2D eigenvalue weighted by Gasteiger charge is 2.18. The van der Waals surface area contributed by atoms with Crippen molar-refractivity contribution in [1.82, 2.24) is 0 Å². The molecule has 0 aliphatic carbocycles. The maximum absolute atomic E-state index is 12.8. The molecule has 0 aliphatic heterocycles. The molecule has 0 fully saturated rings. The van der Waals surface area contributed by atoms with Crippen LogP contribution in [0.2, 0.25) is 0 Å². The molecule has 0 radical (unpaired) electrons. The molecule has 1 N–H and O–H groups in total. The van der Waals surface area contributed by atoms with Gasteiger partial charge in [-0.25, -0.2) is 13.6 Å². The summed E-state index contributed by atoms with van der Waals surface area (Å²) < 4.78 is 35.3. The van der Waals surface area contributed by atoms with Crippen LogP contribution in [0.25, 0.3) is 0 Å². The van der Waals surface area contributed by atoms with E-state index in [1.165, 1.54) is 6.07 Å². The normalized spacial score (nSPS) is 12.2. The Morgan fingerprint density at radius 1 is 1.41 bits per heavy atom. The van der Waals surface area contributed by atoms with Crippen molar-refractivity contribution in [2.24, 2.45) is 0 Å². The van der Waals surface area contributed by atoms with Crippen molar-refractivity contribution in [3.05, 3.63) is 29.8 Å². The summed E-state index contributed by atoms with van der Waals surface area (Å²) in [5.41, 5.74) is 0. The minimum Gasteiger partial charge on any atom is -0.490 e. The van der Waals surface area contributed by atoms with Crippen molar-refractivity contribution in [2.75, 3.05) is 13.2 Å². The molecule has 94 valence electrons. The summed E-state index contributed by atoms with van der Waals surface area (Å²) in [6.07, 6.45) is -1.13. The van der Waals surface area contributed by atoms with Crippen LogP contribution < -0.4 is 4.74 Å². The molecule has 0 bridgehead atoms. The Balaban J connectivity index is 2.59. The molecule has 6 heteroatoms. The average Bonchev–Trinajstić information content (AvgIpc) is 2.28. The van der Waals surface area contributed by atoms with Crippen molar-refractivity contribution < 1.29 is 28.2 Å². The summed E-state index contributed by atoms with van der Waals surface area (Å²) in [6, 6.07) is 2.96. The third kappa shape index (κ3) is 3.99. The fraction of sp³-hybridized carbons (Fsp3) is 0.364. The molecule has 1 rings (SSSR count). The van der Waals surface area contributed by atoms with Gasteiger partial charge in [0.1, 0.15) is 12.4 Å². The molecule has 1 atom stereocenters. The van der Waals surface area contributed by atoms with E-state index in [2.05, 4.69) is 0 Å². The standard InChI is InChI=1S/C11H12F2O4/c1-2-16-10(11(14)15)6-17-7-3-4-8(12)9(13)5-7/h3-5,10H,2,6H2,1H3,(H,14,15). The predicted octanol–water partition coefficient (Wildman–Crippen LogP) is 1.83. The lowest BCUT2D eigenvalue weighted by atomic mass is 10.3. The van der Waals surface area contributed by atoms with E-state index in [-0.39, 0.29) is 19.0 Å². The lowest BCUT2D eigenvalue weighted by molar-refractivity contribution is -0.152. The Hall–Kier alpha value is -1.69. The zero-order chi connectivity index (χ0) is 12.8. The highest BCUT2D eigenvalue weighted by molar-refractivity contribution is 5.72. The van der Waals surface area contributed by atoms with Gasteiger partial charge in [-0.3, -0.25) is 0 Å². The molecule has 0 amide bonds. The second-order valence-corrected chi connectivity index (χ2v) is 3.17. The molecule has 0 saturated carbocycles. The minimum absolute atomic E-state index is 0.0508. The highest BCUT2D eigenvalue weighted by Crippen LogP contribution is 2.15. The highest BCUT2D eigenvalue weighted by atomic mass is 19.2. The molecule has 0 aromatic heterocycles. The first-order valence-electron chi connectivity index (χ1n) is 4.96. The van der Waals surface area contributed by atoms with Gasteiger partial charge < -0.3 is 14.6 Å². The zero-order valence-electron chi connectivity index (χ0n) is 9.15. The number of ether oxygens (including phenoxy) is 2. The second-order valence-electron chi connectivity index (χ2n) is 3.17. The van der Waals surface area contributed by atoms with E-state index in [0.29, 0.717) is 0 Å². The first-order chi connectivity index (χ1) is 8.04.